The molecular weight excluding hydrogens is 402 g/mol. The molecule has 0 fully saturated rings. The molecule has 1 heterocycles. The summed E-state index contributed by atoms with van der Waals surface area (Å²) in [6, 6.07) is 15.3. The van der Waals surface area contributed by atoms with Crippen LogP contribution in [0.25, 0.3) is 11.5 Å². The number of rotatable bonds is 5. The Morgan fingerprint density at radius 2 is 1.80 bits per heavy atom. The van der Waals surface area contributed by atoms with Crippen molar-refractivity contribution in [3.8, 4) is 11.5 Å². The van der Waals surface area contributed by atoms with E-state index in [2.05, 4.69) is 31.4 Å². The maximum absolute atomic E-state index is 12.3. The summed E-state index contributed by atoms with van der Waals surface area (Å²) in [5.74, 6) is 0.324. The van der Waals surface area contributed by atoms with E-state index in [-0.39, 0.29) is 11.2 Å². The van der Waals surface area contributed by atoms with E-state index in [1.165, 1.54) is 11.8 Å². The summed E-state index contributed by atoms with van der Waals surface area (Å²) in [6.07, 6.45) is 0. The molecule has 1 unspecified atom stereocenters. The Hall–Kier alpha value is -2.12. The number of anilines is 1. The topological polar surface area (TPSA) is 68.0 Å². The van der Waals surface area contributed by atoms with Gasteiger partial charge < -0.3 is 9.73 Å². The number of aryl methyl sites for hydroxylation is 1. The molecule has 1 aromatic heterocycles. The first-order chi connectivity index (χ1) is 12.0. The molecule has 0 bridgehead atoms. The summed E-state index contributed by atoms with van der Waals surface area (Å²) in [6.45, 7) is 3.82. The van der Waals surface area contributed by atoms with Crippen LogP contribution in [0.3, 0.4) is 0 Å². The molecule has 1 N–H and O–H groups in total. The maximum atomic E-state index is 12.3. The molecule has 0 spiro atoms. The molecule has 25 heavy (non-hydrogen) atoms. The molecule has 3 rings (SSSR count). The first-order valence-corrected chi connectivity index (χ1v) is 9.32. The van der Waals surface area contributed by atoms with E-state index in [0.717, 1.165) is 21.3 Å². The lowest BCUT2D eigenvalue weighted by molar-refractivity contribution is -0.115. The Balaban J connectivity index is 1.62. The summed E-state index contributed by atoms with van der Waals surface area (Å²) >= 11 is 4.60. The van der Waals surface area contributed by atoms with Gasteiger partial charge in [0.1, 0.15) is 0 Å². The predicted octanol–water partition coefficient (Wildman–Crippen LogP) is 4.93. The number of carbonyl (C=O) groups excluding carboxylic acids is 1. The second-order valence-electron chi connectivity index (χ2n) is 5.50. The number of aromatic nitrogens is 2. The lowest BCUT2D eigenvalue weighted by Gasteiger charge is -2.09. The highest BCUT2D eigenvalue weighted by Gasteiger charge is 2.19. The third-order valence-electron chi connectivity index (χ3n) is 3.46. The standard InChI is InChI=1S/C18H16BrN3O2S/c1-11-3-5-13(6-4-11)17-21-22-18(24-17)25-12(2)16(23)20-15-9-7-14(19)8-10-15/h3-10,12H,1-2H3,(H,20,23). The van der Waals surface area contributed by atoms with E-state index in [1.807, 2.05) is 55.5 Å². The van der Waals surface area contributed by atoms with Crippen molar-refractivity contribution < 1.29 is 9.21 Å². The van der Waals surface area contributed by atoms with Crippen LogP contribution >= 0.6 is 27.7 Å². The van der Waals surface area contributed by atoms with Crippen molar-refractivity contribution in [1.82, 2.24) is 10.2 Å². The van der Waals surface area contributed by atoms with Gasteiger partial charge in [-0.1, -0.05) is 45.4 Å². The van der Waals surface area contributed by atoms with Crippen LogP contribution in [0.4, 0.5) is 5.69 Å². The number of hydrogen-bond acceptors (Lipinski definition) is 5. The Kier molecular flexibility index (Phi) is 5.55. The van der Waals surface area contributed by atoms with Gasteiger partial charge in [-0.15, -0.1) is 10.2 Å². The highest BCUT2D eigenvalue weighted by atomic mass is 79.9. The summed E-state index contributed by atoms with van der Waals surface area (Å²) in [5.41, 5.74) is 2.76. The SMILES string of the molecule is Cc1ccc(-c2nnc(SC(C)C(=O)Nc3ccc(Br)cc3)o2)cc1. The van der Waals surface area contributed by atoms with E-state index >= 15 is 0 Å². The zero-order valence-electron chi connectivity index (χ0n) is 13.7. The van der Waals surface area contributed by atoms with E-state index < -0.39 is 0 Å². The second-order valence-corrected chi connectivity index (χ2v) is 7.70. The summed E-state index contributed by atoms with van der Waals surface area (Å²) in [7, 11) is 0. The highest BCUT2D eigenvalue weighted by Crippen LogP contribution is 2.27. The van der Waals surface area contributed by atoms with Crippen LogP contribution < -0.4 is 5.32 Å². The van der Waals surface area contributed by atoms with Crippen LogP contribution in [-0.4, -0.2) is 21.4 Å². The third kappa shape index (κ3) is 4.70. The fourth-order valence-corrected chi connectivity index (χ4v) is 3.00. The molecule has 0 aliphatic rings. The molecular formula is C18H16BrN3O2S. The zero-order chi connectivity index (χ0) is 17.8. The van der Waals surface area contributed by atoms with Gasteiger partial charge in [0, 0.05) is 15.7 Å². The number of hydrogen-bond donors (Lipinski definition) is 1. The minimum atomic E-state index is -0.366. The van der Waals surface area contributed by atoms with Crippen LogP contribution in [0.1, 0.15) is 12.5 Å². The molecule has 1 amide bonds. The van der Waals surface area contributed by atoms with E-state index in [4.69, 9.17) is 4.42 Å². The summed E-state index contributed by atoms with van der Waals surface area (Å²) < 4.78 is 6.61. The summed E-state index contributed by atoms with van der Waals surface area (Å²) in [4.78, 5) is 12.3. The van der Waals surface area contributed by atoms with Gasteiger partial charge in [-0.05, 0) is 50.2 Å². The number of nitrogens with one attached hydrogen (secondary N) is 1. The van der Waals surface area contributed by atoms with Crippen molar-refractivity contribution in [2.75, 3.05) is 5.32 Å². The normalized spacial score (nSPS) is 12.0. The Bertz CT molecular complexity index is 863. The highest BCUT2D eigenvalue weighted by molar-refractivity contribution is 9.10. The van der Waals surface area contributed by atoms with Crippen molar-refractivity contribution in [3.63, 3.8) is 0 Å². The van der Waals surface area contributed by atoms with Crippen LogP contribution in [0, 0.1) is 6.92 Å². The molecule has 0 aliphatic heterocycles. The average molecular weight is 418 g/mol. The van der Waals surface area contributed by atoms with Gasteiger partial charge in [0.05, 0.1) is 5.25 Å². The predicted molar refractivity (Wildman–Crippen MR) is 103 cm³/mol. The van der Waals surface area contributed by atoms with E-state index in [9.17, 15) is 4.79 Å². The number of halogens is 1. The monoisotopic (exact) mass is 417 g/mol. The van der Waals surface area contributed by atoms with Gasteiger partial charge in [0.2, 0.25) is 11.8 Å². The number of thioether (sulfide) groups is 1. The van der Waals surface area contributed by atoms with Crippen molar-refractivity contribution in [2.24, 2.45) is 0 Å². The van der Waals surface area contributed by atoms with Gasteiger partial charge in [-0.2, -0.15) is 0 Å². The minimum Gasteiger partial charge on any atom is -0.411 e. The Labute approximate surface area is 158 Å². The van der Waals surface area contributed by atoms with Gasteiger partial charge >= 0.3 is 0 Å². The van der Waals surface area contributed by atoms with Gasteiger partial charge in [-0.25, -0.2) is 0 Å². The number of amides is 1. The molecule has 1 atom stereocenters. The number of carbonyl (C=O) groups is 1. The first kappa shape index (κ1) is 17.7. The molecule has 0 radical (unpaired) electrons. The molecule has 2 aromatic carbocycles. The van der Waals surface area contributed by atoms with Crippen molar-refractivity contribution in [3.05, 3.63) is 58.6 Å². The van der Waals surface area contributed by atoms with E-state index in [1.54, 1.807) is 6.92 Å². The molecule has 3 aromatic rings. The fraction of sp³-hybridized carbons (Fsp3) is 0.167. The first-order valence-electron chi connectivity index (χ1n) is 7.65. The molecule has 0 saturated carbocycles. The molecule has 5 nitrogen and oxygen atoms in total. The fourth-order valence-electron chi connectivity index (χ4n) is 2.05. The summed E-state index contributed by atoms with van der Waals surface area (Å²) in [5, 5.41) is 10.9. The van der Waals surface area contributed by atoms with Crippen LogP contribution in [0.5, 0.6) is 0 Å². The zero-order valence-corrected chi connectivity index (χ0v) is 16.1. The van der Waals surface area contributed by atoms with Crippen LogP contribution in [0.15, 0.2) is 62.6 Å². The second kappa shape index (κ2) is 7.84. The Morgan fingerprint density at radius 3 is 2.48 bits per heavy atom. The largest absolute Gasteiger partial charge is 0.411 e. The van der Waals surface area contributed by atoms with Gasteiger partial charge in [-0.3, -0.25) is 4.79 Å². The van der Waals surface area contributed by atoms with Crippen molar-refractivity contribution in [2.45, 2.75) is 24.3 Å². The minimum absolute atomic E-state index is 0.123. The van der Waals surface area contributed by atoms with E-state index in [0.29, 0.717) is 11.1 Å². The molecule has 0 saturated heterocycles. The number of nitrogens with zero attached hydrogens (tertiary/aromatic N) is 2. The maximum Gasteiger partial charge on any atom is 0.277 e. The average Bonchev–Trinajstić information content (AvgIpc) is 3.06. The lowest BCUT2D eigenvalue weighted by Crippen LogP contribution is -2.22. The quantitative estimate of drug-likeness (QED) is 0.596. The number of benzene rings is 2. The van der Waals surface area contributed by atoms with Crippen LogP contribution in [-0.2, 0) is 4.79 Å². The molecule has 7 heteroatoms. The molecule has 0 aliphatic carbocycles. The van der Waals surface area contributed by atoms with Crippen molar-refractivity contribution in [1.29, 1.82) is 0 Å². The van der Waals surface area contributed by atoms with Gasteiger partial charge in [0.25, 0.3) is 5.22 Å². The van der Waals surface area contributed by atoms with Crippen LogP contribution in [0.2, 0.25) is 0 Å². The van der Waals surface area contributed by atoms with Gasteiger partial charge in [0.15, 0.2) is 0 Å². The lowest BCUT2D eigenvalue weighted by atomic mass is 10.1. The Morgan fingerprint density at radius 1 is 1.12 bits per heavy atom. The van der Waals surface area contributed by atoms with Crippen molar-refractivity contribution >= 4 is 39.3 Å². The third-order valence-corrected chi connectivity index (χ3v) is 4.93. The smallest absolute Gasteiger partial charge is 0.277 e. The molecule has 128 valence electrons.